The SMILES string of the molecule is COC(=O)COc1ccc([C@@H](NC(=O)OC(C)(C)C)C(=O)O)cc1. The molecule has 2 N–H and O–H groups in total. The van der Waals surface area contributed by atoms with Gasteiger partial charge in [-0.15, -0.1) is 0 Å². The number of carbonyl (C=O) groups is 3. The average molecular weight is 339 g/mol. The number of carboxylic acids is 1. The Labute approximate surface area is 139 Å². The predicted molar refractivity (Wildman–Crippen MR) is 83.7 cm³/mol. The molecular formula is C16H21NO7. The van der Waals surface area contributed by atoms with E-state index in [0.717, 1.165) is 0 Å². The summed E-state index contributed by atoms with van der Waals surface area (Å²) in [4.78, 5) is 34.1. The summed E-state index contributed by atoms with van der Waals surface area (Å²) >= 11 is 0. The maximum Gasteiger partial charge on any atom is 0.408 e. The topological polar surface area (TPSA) is 111 Å². The summed E-state index contributed by atoms with van der Waals surface area (Å²) in [5.41, 5.74) is -0.405. The van der Waals surface area contributed by atoms with E-state index in [4.69, 9.17) is 9.47 Å². The summed E-state index contributed by atoms with van der Waals surface area (Å²) in [6.07, 6.45) is -0.832. The molecule has 1 rings (SSSR count). The predicted octanol–water partition coefficient (Wildman–Crippen LogP) is 1.89. The van der Waals surface area contributed by atoms with Gasteiger partial charge in [0, 0.05) is 0 Å². The van der Waals surface area contributed by atoms with Crippen LogP contribution in [0, 0.1) is 0 Å². The summed E-state index contributed by atoms with van der Waals surface area (Å²) in [6.45, 7) is 4.77. The maximum absolute atomic E-state index is 11.8. The summed E-state index contributed by atoms with van der Waals surface area (Å²) in [7, 11) is 1.24. The number of carboxylic acid groups (broad SMARTS) is 1. The van der Waals surface area contributed by atoms with Crippen molar-refractivity contribution in [1.29, 1.82) is 0 Å². The lowest BCUT2D eigenvalue weighted by atomic mass is 10.1. The molecule has 0 aromatic heterocycles. The Bertz CT molecular complexity index is 589. The monoisotopic (exact) mass is 339 g/mol. The zero-order valence-corrected chi connectivity index (χ0v) is 14.0. The van der Waals surface area contributed by atoms with Gasteiger partial charge in [-0.25, -0.2) is 14.4 Å². The highest BCUT2D eigenvalue weighted by atomic mass is 16.6. The highest BCUT2D eigenvalue weighted by Gasteiger charge is 2.25. The van der Waals surface area contributed by atoms with Crippen molar-refractivity contribution in [3.8, 4) is 5.75 Å². The lowest BCUT2D eigenvalue weighted by Crippen LogP contribution is -2.38. The fourth-order valence-corrected chi connectivity index (χ4v) is 1.67. The number of esters is 1. The Hall–Kier alpha value is -2.77. The highest BCUT2D eigenvalue weighted by Crippen LogP contribution is 2.19. The molecule has 1 aromatic rings. The van der Waals surface area contributed by atoms with Gasteiger partial charge in [0.1, 0.15) is 11.4 Å². The molecule has 0 unspecified atom stereocenters. The second-order valence-electron chi connectivity index (χ2n) is 5.85. The Morgan fingerprint density at radius 2 is 1.75 bits per heavy atom. The molecule has 0 spiro atoms. The molecule has 1 atom stereocenters. The van der Waals surface area contributed by atoms with E-state index in [9.17, 15) is 19.5 Å². The molecular weight excluding hydrogens is 318 g/mol. The first-order valence-electron chi connectivity index (χ1n) is 7.14. The van der Waals surface area contributed by atoms with Gasteiger partial charge >= 0.3 is 18.0 Å². The second kappa shape index (κ2) is 8.19. The minimum Gasteiger partial charge on any atom is -0.482 e. The summed E-state index contributed by atoms with van der Waals surface area (Å²) in [5, 5.41) is 11.6. The molecule has 0 aliphatic heterocycles. The highest BCUT2D eigenvalue weighted by molar-refractivity contribution is 5.81. The van der Waals surface area contributed by atoms with E-state index >= 15 is 0 Å². The van der Waals surface area contributed by atoms with Crippen LogP contribution >= 0.6 is 0 Å². The van der Waals surface area contributed by atoms with Crippen LogP contribution in [0.3, 0.4) is 0 Å². The smallest absolute Gasteiger partial charge is 0.408 e. The standard InChI is InChI=1S/C16H21NO7/c1-16(2,3)24-15(21)17-13(14(19)20)10-5-7-11(8-6-10)23-9-12(18)22-4/h5-8,13H,9H2,1-4H3,(H,17,21)(H,19,20)/t13-/m1/s1. The lowest BCUT2D eigenvalue weighted by molar-refractivity contribution is -0.143. The van der Waals surface area contributed by atoms with Crippen molar-refractivity contribution in [3.63, 3.8) is 0 Å². The number of ether oxygens (including phenoxy) is 3. The molecule has 0 radical (unpaired) electrons. The van der Waals surface area contributed by atoms with E-state index in [1.807, 2.05) is 0 Å². The normalized spacial score (nSPS) is 12.0. The number of amides is 1. The molecule has 8 nitrogen and oxygen atoms in total. The minimum absolute atomic E-state index is 0.256. The van der Waals surface area contributed by atoms with Crippen molar-refractivity contribution in [2.75, 3.05) is 13.7 Å². The van der Waals surface area contributed by atoms with Gasteiger partial charge in [0.2, 0.25) is 0 Å². The number of carbonyl (C=O) groups excluding carboxylic acids is 2. The van der Waals surface area contributed by atoms with Gasteiger partial charge in [-0.05, 0) is 38.5 Å². The Morgan fingerprint density at radius 3 is 2.21 bits per heavy atom. The molecule has 0 aliphatic rings. The molecule has 0 bridgehead atoms. The van der Waals surface area contributed by atoms with Gasteiger partial charge in [-0.3, -0.25) is 0 Å². The molecule has 1 amide bonds. The van der Waals surface area contributed by atoms with Gasteiger partial charge in [-0.2, -0.15) is 0 Å². The number of hydrogen-bond acceptors (Lipinski definition) is 6. The molecule has 24 heavy (non-hydrogen) atoms. The maximum atomic E-state index is 11.8. The van der Waals surface area contributed by atoms with Crippen LogP contribution in [0.2, 0.25) is 0 Å². The third kappa shape index (κ3) is 6.55. The van der Waals surface area contributed by atoms with E-state index < -0.39 is 29.7 Å². The summed E-state index contributed by atoms with van der Waals surface area (Å²) < 4.78 is 14.7. The molecule has 0 saturated carbocycles. The largest absolute Gasteiger partial charge is 0.482 e. The van der Waals surface area contributed by atoms with E-state index in [2.05, 4.69) is 10.1 Å². The number of nitrogens with one attached hydrogen (secondary N) is 1. The van der Waals surface area contributed by atoms with E-state index in [1.165, 1.54) is 31.4 Å². The van der Waals surface area contributed by atoms with Crippen LogP contribution in [0.1, 0.15) is 32.4 Å². The fraction of sp³-hybridized carbons (Fsp3) is 0.438. The van der Waals surface area contributed by atoms with Crippen molar-refractivity contribution >= 4 is 18.0 Å². The lowest BCUT2D eigenvalue weighted by Gasteiger charge is -2.22. The van der Waals surface area contributed by atoms with Crippen LogP contribution in [0.25, 0.3) is 0 Å². The fourth-order valence-electron chi connectivity index (χ4n) is 1.67. The Kier molecular flexibility index (Phi) is 6.58. The van der Waals surface area contributed by atoms with E-state index in [0.29, 0.717) is 11.3 Å². The zero-order chi connectivity index (χ0) is 18.3. The first kappa shape index (κ1) is 19.3. The van der Waals surface area contributed by atoms with Crippen molar-refractivity contribution in [2.45, 2.75) is 32.4 Å². The number of hydrogen-bond donors (Lipinski definition) is 2. The quantitative estimate of drug-likeness (QED) is 0.761. The van der Waals surface area contributed by atoms with Gasteiger partial charge < -0.3 is 24.6 Å². The van der Waals surface area contributed by atoms with Crippen LogP contribution in [-0.4, -0.2) is 42.5 Å². The number of aliphatic carboxylic acids is 1. The summed E-state index contributed by atoms with van der Waals surface area (Å²) in [6, 6.07) is 4.66. The Balaban J connectivity index is 2.77. The first-order chi connectivity index (χ1) is 11.1. The van der Waals surface area contributed by atoms with E-state index in [-0.39, 0.29) is 6.61 Å². The van der Waals surface area contributed by atoms with Crippen molar-refractivity contribution < 1.29 is 33.7 Å². The molecule has 1 aromatic carbocycles. The van der Waals surface area contributed by atoms with Crippen molar-refractivity contribution in [2.24, 2.45) is 0 Å². The van der Waals surface area contributed by atoms with Gasteiger partial charge in [0.15, 0.2) is 12.6 Å². The molecule has 0 fully saturated rings. The van der Waals surface area contributed by atoms with Crippen LogP contribution in [0.4, 0.5) is 4.79 Å². The number of alkyl carbamates (subject to hydrolysis) is 1. The van der Waals surface area contributed by atoms with Crippen molar-refractivity contribution in [1.82, 2.24) is 5.32 Å². The van der Waals surface area contributed by atoms with Gasteiger partial charge in [-0.1, -0.05) is 12.1 Å². The molecule has 0 aliphatic carbocycles. The zero-order valence-electron chi connectivity index (χ0n) is 14.0. The van der Waals surface area contributed by atoms with Crippen LogP contribution in [-0.2, 0) is 19.1 Å². The number of methoxy groups -OCH3 is 1. The third-order valence-corrected chi connectivity index (χ3v) is 2.71. The van der Waals surface area contributed by atoms with Gasteiger partial charge in [0.25, 0.3) is 0 Å². The molecule has 8 heteroatoms. The first-order valence-corrected chi connectivity index (χ1v) is 7.14. The minimum atomic E-state index is -1.27. The molecule has 0 saturated heterocycles. The van der Waals surface area contributed by atoms with Crippen LogP contribution in [0.5, 0.6) is 5.75 Å². The molecule has 132 valence electrons. The van der Waals surface area contributed by atoms with Crippen LogP contribution < -0.4 is 10.1 Å². The molecule has 0 heterocycles. The second-order valence-corrected chi connectivity index (χ2v) is 5.85. The van der Waals surface area contributed by atoms with Crippen molar-refractivity contribution in [3.05, 3.63) is 29.8 Å². The number of benzene rings is 1. The van der Waals surface area contributed by atoms with Crippen LogP contribution in [0.15, 0.2) is 24.3 Å². The van der Waals surface area contributed by atoms with E-state index in [1.54, 1.807) is 20.8 Å². The van der Waals surface area contributed by atoms with Gasteiger partial charge in [0.05, 0.1) is 7.11 Å². The Morgan fingerprint density at radius 1 is 1.17 bits per heavy atom. The number of rotatable bonds is 6. The summed E-state index contributed by atoms with van der Waals surface area (Å²) in [5.74, 6) is -1.40. The third-order valence-electron chi connectivity index (χ3n) is 2.71. The average Bonchev–Trinajstić information content (AvgIpc) is 2.49.